The molecule has 0 aliphatic heterocycles. The Bertz CT molecular complexity index is 1190. The molecule has 0 saturated heterocycles. The molecular formula is C21H18N4O3S2. The van der Waals surface area contributed by atoms with Gasteiger partial charge in [0.15, 0.2) is 0 Å². The van der Waals surface area contributed by atoms with Gasteiger partial charge in [-0.3, -0.25) is 4.79 Å². The van der Waals surface area contributed by atoms with Gasteiger partial charge < -0.3 is 5.32 Å². The zero-order valence-corrected chi connectivity index (χ0v) is 17.4. The minimum Gasteiger partial charge on any atom is -0.326 e. The summed E-state index contributed by atoms with van der Waals surface area (Å²) in [5.74, 6) is 0.199. The summed E-state index contributed by atoms with van der Waals surface area (Å²) < 4.78 is 22.5. The number of hydrogen-bond donors (Lipinski definition) is 2. The maximum Gasteiger partial charge on any atom is 0.238 e. The number of rotatable bonds is 7. The summed E-state index contributed by atoms with van der Waals surface area (Å²) in [6.07, 6.45) is 0.198. The third-order valence-corrected chi connectivity index (χ3v) is 6.01. The average Bonchev–Trinajstić information content (AvgIpc) is 2.74. The summed E-state index contributed by atoms with van der Waals surface area (Å²) in [5.41, 5.74) is 2.64. The molecule has 1 amide bonds. The number of primary sulfonamides is 1. The quantitative estimate of drug-likeness (QED) is 0.545. The summed E-state index contributed by atoms with van der Waals surface area (Å²) in [4.78, 5) is 16.7. The van der Waals surface area contributed by atoms with E-state index in [0.717, 1.165) is 11.3 Å². The molecule has 0 bridgehead atoms. The van der Waals surface area contributed by atoms with Gasteiger partial charge in [-0.1, -0.05) is 30.3 Å². The Morgan fingerprint density at radius 1 is 1.07 bits per heavy atom. The molecule has 0 aliphatic rings. The Labute approximate surface area is 179 Å². The number of sulfonamides is 1. The molecule has 3 aromatic rings. The number of benzene rings is 2. The van der Waals surface area contributed by atoms with Gasteiger partial charge in [-0.2, -0.15) is 5.26 Å². The molecule has 3 rings (SSSR count). The Morgan fingerprint density at radius 3 is 2.40 bits per heavy atom. The molecule has 3 N–H and O–H groups in total. The second kappa shape index (κ2) is 9.54. The van der Waals surface area contributed by atoms with E-state index in [1.807, 2.05) is 30.3 Å². The van der Waals surface area contributed by atoms with Gasteiger partial charge in [0, 0.05) is 23.4 Å². The molecule has 0 aliphatic carbocycles. The number of hydrogen-bond acceptors (Lipinski definition) is 6. The van der Waals surface area contributed by atoms with Gasteiger partial charge in [0.25, 0.3) is 0 Å². The molecule has 0 unspecified atom stereocenters. The van der Waals surface area contributed by atoms with Crippen LogP contribution in [0.25, 0.3) is 11.3 Å². The van der Waals surface area contributed by atoms with Crippen molar-refractivity contribution in [1.29, 1.82) is 5.26 Å². The number of anilines is 1. The van der Waals surface area contributed by atoms with Crippen molar-refractivity contribution < 1.29 is 13.2 Å². The Morgan fingerprint density at radius 2 is 1.77 bits per heavy atom. The van der Waals surface area contributed by atoms with E-state index in [1.54, 1.807) is 12.1 Å². The topological polar surface area (TPSA) is 126 Å². The van der Waals surface area contributed by atoms with Crippen LogP contribution in [0.3, 0.4) is 0 Å². The van der Waals surface area contributed by atoms with Crippen LogP contribution in [0.15, 0.2) is 76.7 Å². The molecule has 1 heterocycles. The van der Waals surface area contributed by atoms with Crippen LogP contribution in [0, 0.1) is 11.3 Å². The molecule has 0 fully saturated rings. The van der Waals surface area contributed by atoms with Crippen LogP contribution in [0.2, 0.25) is 0 Å². The van der Waals surface area contributed by atoms with Crippen molar-refractivity contribution in [3.05, 3.63) is 72.3 Å². The zero-order valence-electron chi connectivity index (χ0n) is 15.8. The molecule has 0 atom stereocenters. The first-order valence-corrected chi connectivity index (χ1v) is 11.4. The summed E-state index contributed by atoms with van der Waals surface area (Å²) in [5, 5.41) is 17.7. The number of nitrogens with zero attached hydrogens (tertiary/aromatic N) is 2. The number of amides is 1. The van der Waals surface area contributed by atoms with E-state index in [4.69, 9.17) is 5.14 Å². The van der Waals surface area contributed by atoms with Gasteiger partial charge in [-0.05, 0) is 36.4 Å². The standard InChI is InChI=1S/C21H18N4O3S2/c22-14-16-6-11-19(15-4-2-1-3-5-15)25-21(16)29-13-12-20(26)24-17-7-9-18(10-8-17)30(23,27)28/h1-11H,12-13H2,(H,24,26)(H2,23,27,28). The van der Waals surface area contributed by atoms with Gasteiger partial charge >= 0.3 is 0 Å². The van der Waals surface area contributed by atoms with E-state index in [9.17, 15) is 18.5 Å². The number of carbonyl (C=O) groups is 1. The summed E-state index contributed by atoms with van der Waals surface area (Å²) in [6, 6.07) is 20.9. The first-order chi connectivity index (χ1) is 14.4. The van der Waals surface area contributed by atoms with Crippen molar-refractivity contribution >= 4 is 33.4 Å². The molecule has 0 spiro atoms. The van der Waals surface area contributed by atoms with Crippen LogP contribution in [-0.2, 0) is 14.8 Å². The maximum absolute atomic E-state index is 12.2. The largest absolute Gasteiger partial charge is 0.326 e. The second-order valence-electron chi connectivity index (χ2n) is 6.24. The second-order valence-corrected chi connectivity index (χ2v) is 8.89. The van der Waals surface area contributed by atoms with Gasteiger partial charge in [0.05, 0.1) is 16.2 Å². The van der Waals surface area contributed by atoms with E-state index in [2.05, 4.69) is 16.4 Å². The van der Waals surface area contributed by atoms with Gasteiger partial charge in [-0.25, -0.2) is 18.5 Å². The van der Waals surface area contributed by atoms with Crippen molar-refractivity contribution in [3.63, 3.8) is 0 Å². The highest BCUT2D eigenvalue weighted by atomic mass is 32.2. The summed E-state index contributed by atoms with van der Waals surface area (Å²) in [7, 11) is -3.77. The third kappa shape index (κ3) is 5.67. The van der Waals surface area contributed by atoms with Crippen molar-refractivity contribution in [2.24, 2.45) is 5.14 Å². The molecule has 0 radical (unpaired) electrons. The zero-order chi connectivity index (χ0) is 21.6. The predicted molar refractivity (Wildman–Crippen MR) is 116 cm³/mol. The van der Waals surface area contributed by atoms with Crippen LogP contribution in [0.1, 0.15) is 12.0 Å². The number of nitriles is 1. The lowest BCUT2D eigenvalue weighted by Crippen LogP contribution is -2.14. The fourth-order valence-corrected chi connectivity index (χ4v) is 4.03. The molecule has 0 saturated carbocycles. The molecule has 9 heteroatoms. The first kappa shape index (κ1) is 21.5. The number of nitrogens with two attached hydrogens (primary N) is 1. The monoisotopic (exact) mass is 438 g/mol. The van der Waals surface area contributed by atoms with Crippen LogP contribution in [0.4, 0.5) is 5.69 Å². The van der Waals surface area contributed by atoms with Crippen molar-refractivity contribution in [2.45, 2.75) is 16.3 Å². The maximum atomic E-state index is 12.2. The summed E-state index contributed by atoms with van der Waals surface area (Å²) >= 11 is 1.33. The van der Waals surface area contributed by atoms with Crippen LogP contribution < -0.4 is 10.5 Å². The average molecular weight is 439 g/mol. The predicted octanol–water partition coefficient (Wildman–Crippen LogP) is 3.39. The van der Waals surface area contributed by atoms with E-state index < -0.39 is 10.0 Å². The van der Waals surface area contributed by atoms with Crippen LogP contribution >= 0.6 is 11.8 Å². The number of pyridine rings is 1. The Balaban J connectivity index is 1.60. The smallest absolute Gasteiger partial charge is 0.238 e. The molecule has 1 aromatic heterocycles. The Kier molecular flexibility index (Phi) is 6.84. The third-order valence-electron chi connectivity index (χ3n) is 4.08. The van der Waals surface area contributed by atoms with Crippen molar-refractivity contribution in [1.82, 2.24) is 4.98 Å². The van der Waals surface area contributed by atoms with Crippen molar-refractivity contribution in [2.75, 3.05) is 11.1 Å². The fraction of sp³-hybridized carbons (Fsp3) is 0.0952. The van der Waals surface area contributed by atoms with Gasteiger partial charge in [0.2, 0.25) is 15.9 Å². The number of carbonyl (C=O) groups excluding carboxylic acids is 1. The van der Waals surface area contributed by atoms with E-state index in [0.29, 0.717) is 22.0 Å². The lowest BCUT2D eigenvalue weighted by molar-refractivity contribution is -0.115. The van der Waals surface area contributed by atoms with E-state index >= 15 is 0 Å². The minimum absolute atomic E-state index is 0.0236. The summed E-state index contributed by atoms with van der Waals surface area (Å²) in [6.45, 7) is 0. The highest BCUT2D eigenvalue weighted by molar-refractivity contribution is 7.99. The van der Waals surface area contributed by atoms with Crippen LogP contribution in [0.5, 0.6) is 0 Å². The van der Waals surface area contributed by atoms with E-state index in [-0.39, 0.29) is 17.2 Å². The highest BCUT2D eigenvalue weighted by Gasteiger charge is 2.11. The van der Waals surface area contributed by atoms with Crippen LogP contribution in [-0.4, -0.2) is 25.1 Å². The molecule has 2 aromatic carbocycles. The Hall–Kier alpha value is -3.19. The number of nitrogens with one attached hydrogen (secondary N) is 1. The lowest BCUT2D eigenvalue weighted by atomic mass is 10.1. The normalized spacial score (nSPS) is 10.9. The molecular weight excluding hydrogens is 420 g/mol. The fourth-order valence-electron chi connectivity index (χ4n) is 2.60. The van der Waals surface area contributed by atoms with Gasteiger partial charge in [-0.15, -0.1) is 11.8 Å². The lowest BCUT2D eigenvalue weighted by Gasteiger charge is -2.08. The minimum atomic E-state index is -3.77. The highest BCUT2D eigenvalue weighted by Crippen LogP contribution is 2.25. The van der Waals surface area contributed by atoms with Crippen molar-refractivity contribution in [3.8, 4) is 17.3 Å². The molecule has 152 valence electrons. The first-order valence-electron chi connectivity index (χ1n) is 8.89. The number of aromatic nitrogens is 1. The molecule has 7 nitrogen and oxygen atoms in total. The van der Waals surface area contributed by atoms with Gasteiger partial charge in [0.1, 0.15) is 11.1 Å². The number of thioether (sulfide) groups is 1. The van der Waals surface area contributed by atoms with E-state index in [1.165, 1.54) is 36.0 Å². The SMILES string of the molecule is N#Cc1ccc(-c2ccccc2)nc1SCCC(=O)Nc1ccc(S(N)(=O)=O)cc1. The molecule has 30 heavy (non-hydrogen) atoms.